The Morgan fingerprint density at radius 2 is 1.63 bits per heavy atom. The molecular formula is C23H27BrN2O3S. The third-order valence-electron chi connectivity index (χ3n) is 6.21. The molecule has 2 aromatic rings. The number of carbonyl (C=O) groups is 1. The minimum absolute atomic E-state index is 0.121. The molecule has 1 fully saturated rings. The summed E-state index contributed by atoms with van der Waals surface area (Å²) in [5.74, 6) is -0.0120. The number of nitrogens with zero attached hydrogens (tertiary/aromatic N) is 2. The summed E-state index contributed by atoms with van der Waals surface area (Å²) in [4.78, 5) is 15.5. The molecule has 0 radical (unpaired) electrons. The fourth-order valence-electron chi connectivity index (χ4n) is 4.87. The van der Waals surface area contributed by atoms with Crippen molar-refractivity contribution in [1.29, 1.82) is 0 Å². The first-order chi connectivity index (χ1) is 14.2. The molecule has 2 aliphatic heterocycles. The second kappa shape index (κ2) is 8.09. The number of halogens is 1. The Kier molecular flexibility index (Phi) is 5.81. The van der Waals surface area contributed by atoms with Gasteiger partial charge in [-0.15, -0.1) is 0 Å². The zero-order chi connectivity index (χ0) is 21.6. The average Bonchev–Trinajstić information content (AvgIpc) is 3.09. The number of fused-ring (bicyclic) bond motifs is 1. The number of sulfonamides is 1. The summed E-state index contributed by atoms with van der Waals surface area (Å²) in [7, 11) is -3.56. The molecule has 0 N–H and O–H groups in total. The second-order valence-electron chi connectivity index (χ2n) is 8.42. The lowest BCUT2D eigenvalue weighted by Gasteiger charge is -2.33. The number of aryl methyl sites for hydroxylation is 3. The molecule has 160 valence electrons. The monoisotopic (exact) mass is 490 g/mol. The summed E-state index contributed by atoms with van der Waals surface area (Å²) in [5, 5.41) is 0. The van der Waals surface area contributed by atoms with E-state index in [1.54, 1.807) is 4.31 Å². The van der Waals surface area contributed by atoms with Crippen molar-refractivity contribution < 1.29 is 13.2 Å². The van der Waals surface area contributed by atoms with Crippen molar-refractivity contribution in [2.75, 3.05) is 24.5 Å². The molecule has 2 aromatic carbocycles. The van der Waals surface area contributed by atoms with Gasteiger partial charge in [0.05, 0.1) is 4.90 Å². The highest BCUT2D eigenvalue weighted by atomic mass is 79.9. The molecule has 0 bridgehead atoms. The van der Waals surface area contributed by atoms with E-state index in [4.69, 9.17) is 0 Å². The van der Waals surface area contributed by atoms with Crippen molar-refractivity contribution in [1.82, 2.24) is 4.31 Å². The Balaban J connectivity index is 1.48. The summed E-state index contributed by atoms with van der Waals surface area (Å²) in [5.41, 5.74) is 4.80. The number of benzene rings is 2. The Bertz CT molecular complexity index is 1080. The van der Waals surface area contributed by atoms with E-state index in [-0.39, 0.29) is 11.8 Å². The van der Waals surface area contributed by atoms with E-state index in [0.29, 0.717) is 37.4 Å². The first kappa shape index (κ1) is 21.5. The van der Waals surface area contributed by atoms with E-state index in [0.717, 1.165) is 33.3 Å². The van der Waals surface area contributed by atoms with Crippen LogP contribution in [-0.2, 0) is 21.2 Å². The number of carbonyl (C=O) groups excluding carboxylic acids is 1. The van der Waals surface area contributed by atoms with Crippen LogP contribution in [0.15, 0.2) is 39.7 Å². The second-order valence-corrected chi connectivity index (χ2v) is 11.2. The van der Waals surface area contributed by atoms with Crippen molar-refractivity contribution in [3.05, 3.63) is 57.1 Å². The molecule has 1 saturated heterocycles. The molecule has 2 heterocycles. The number of piperidine rings is 1. The third kappa shape index (κ3) is 3.83. The standard InChI is InChI=1S/C23H27BrN2O3S/c1-15-12-16(2)22(17(3)13-15)30(28,29)25-9-6-18(7-10-25)23(27)26-11-8-19-14-20(24)4-5-21(19)26/h4-5,12-14,18H,6-11H2,1-3H3. The number of amides is 1. The number of anilines is 1. The van der Waals surface area contributed by atoms with Crippen LogP contribution in [0.1, 0.15) is 35.1 Å². The average molecular weight is 491 g/mol. The predicted molar refractivity (Wildman–Crippen MR) is 122 cm³/mol. The third-order valence-corrected chi connectivity index (χ3v) is 8.91. The highest BCUT2D eigenvalue weighted by molar-refractivity contribution is 9.10. The molecule has 5 nitrogen and oxygen atoms in total. The normalized spacial score (nSPS) is 17.9. The molecule has 0 saturated carbocycles. The van der Waals surface area contributed by atoms with Crippen molar-refractivity contribution >= 4 is 37.5 Å². The molecule has 4 rings (SSSR count). The molecule has 0 unspecified atom stereocenters. The van der Waals surface area contributed by atoms with Crippen molar-refractivity contribution in [2.24, 2.45) is 5.92 Å². The molecular weight excluding hydrogens is 464 g/mol. The maximum absolute atomic E-state index is 13.3. The SMILES string of the molecule is Cc1cc(C)c(S(=O)(=O)N2CCC(C(=O)N3CCc4cc(Br)ccc43)CC2)c(C)c1. The summed E-state index contributed by atoms with van der Waals surface area (Å²) in [6.45, 7) is 7.14. The topological polar surface area (TPSA) is 57.7 Å². The van der Waals surface area contributed by atoms with Crippen LogP contribution in [0.4, 0.5) is 5.69 Å². The molecule has 0 aromatic heterocycles. The maximum atomic E-state index is 13.3. The highest BCUT2D eigenvalue weighted by Gasteiger charge is 2.36. The van der Waals surface area contributed by atoms with Gasteiger partial charge in [-0.05, 0) is 74.9 Å². The van der Waals surface area contributed by atoms with Gasteiger partial charge in [0.2, 0.25) is 15.9 Å². The van der Waals surface area contributed by atoms with Crippen LogP contribution < -0.4 is 4.90 Å². The van der Waals surface area contributed by atoms with Gasteiger partial charge < -0.3 is 4.90 Å². The zero-order valence-electron chi connectivity index (χ0n) is 17.6. The van der Waals surface area contributed by atoms with Crippen LogP contribution in [0.2, 0.25) is 0 Å². The van der Waals surface area contributed by atoms with Gasteiger partial charge in [-0.1, -0.05) is 33.6 Å². The van der Waals surface area contributed by atoms with Gasteiger partial charge in [0.15, 0.2) is 0 Å². The first-order valence-electron chi connectivity index (χ1n) is 10.4. The smallest absolute Gasteiger partial charge is 0.243 e. The molecule has 2 aliphatic rings. The van der Waals surface area contributed by atoms with Crippen LogP contribution in [0, 0.1) is 26.7 Å². The summed E-state index contributed by atoms with van der Waals surface area (Å²) in [6.07, 6.45) is 1.98. The van der Waals surface area contributed by atoms with Crippen molar-refractivity contribution in [3.8, 4) is 0 Å². The summed E-state index contributed by atoms with van der Waals surface area (Å²) < 4.78 is 29.2. The predicted octanol–water partition coefficient (Wildman–Crippen LogP) is 4.36. The Morgan fingerprint density at radius 1 is 1.00 bits per heavy atom. The van der Waals surface area contributed by atoms with Crippen molar-refractivity contribution in [2.45, 2.75) is 44.9 Å². The van der Waals surface area contributed by atoms with Gasteiger partial charge in [-0.3, -0.25) is 4.79 Å². The largest absolute Gasteiger partial charge is 0.312 e. The van der Waals surface area contributed by atoms with Crippen LogP contribution in [0.3, 0.4) is 0 Å². The fourth-order valence-corrected chi connectivity index (χ4v) is 7.16. The minimum Gasteiger partial charge on any atom is -0.312 e. The van der Waals surface area contributed by atoms with Crippen LogP contribution in [0.25, 0.3) is 0 Å². The molecule has 0 atom stereocenters. The van der Waals surface area contributed by atoms with Gasteiger partial charge in [0, 0.05) is 35.7 Å². The van der Waals surface area contributed by atoms with Gasteiger partial charge in [0.25, 0.3) is 0 Å². The van der Waals surface area contributed by atoms with Crippen LogP contribution in [-0.4, -0.2) is 38.3 Å². The molecule has 1 amide bonds. The number of rotatable bonds is 3. The van der Waals surface area contributed by atoms with Gasteiger partial charge in [0.1, 0.15) is 0 Å². The highest BCUT2D eigenvalue weighted by Crippen LogP contribution is 2.34. The Labute approximate surface area is 187 Å². The van der Waals surface area contributed by atoms with Gasteiger partial charge in [-0.2, -0.15) is 4.31 Å². The van der Waals surface area contributed by atoms with Crippen LogP contribution in [0.5, 0.6) is 0 Å². The summed E-state index contributed by atoms with van der Waals surface area (Å²) >= 11 is 3.49. The Hall–Kier alpha value is -1.70. The first-order valence-corrected chi connectivity index (χ1v) is 12.6. The maximum Gasteiger partial charge on any atom is 0.243 e. The Morgan fingerprint density at radius 3 is 2.27 bits per heavy atom. The van der Waals surface area contributed by atoms with Crippen LogP contribution >= 0.6 is 15.9 Å². The number of hydrogen-bond donors (Lipinski definition) is 0. The minimum atomic E-state index is -3.56. The van der Waals surface area contributed by atoms with E-state index in [9.17, 15) is 13.2 Å². The van der Waals surface area contributed by atoms with E-state index < -0.39 is 10.0 Å². The van der Waals surface area contributed by atoms with Gasteiger partial charge in [-0.25, -0.2) is 8.42 Å². The summed E-state index contributed by atoms with van der Waals surface area (Å²) in [6, 6.07) is 9.86. The van der Waals surface area contributed by atoms with Gasteiger partial charge >= 0.3 is 0 Å². The van der Waals surface area contributed by atoms with Crippen molar-refractivity contribution in [3.63, 3.8) is 0 Å². The van der Waals surface area contributed by atoms with E-state index in [1.165, 1.54) is 5.56 Å². The lowest BCUT2D eigenvalue weighted by molar-refractivity contribution is -0.123. The quantitative estimate of drug-likeness (QED) is 0.641. The fraction of sp³-hybridized carbons (Fsp3) is 0.435. The van der Waals surface area contributed by atoms with E-state index in [1.807, 2.05) is 49.9 Å². The van der Waals surface area contributed by atoms with E-state index >= 15 is 0 Å². The van der Waals surface area contributed by atoms with E-state index in [2.05, 4.69) is 22.0 Å². The number of hydrogen-bond acceptors (Lipinski definition) is 3. The lowest BCUT2D eigenvalue weighted by Crippen LogP contribution is -2.44. The molecule has 0 aliphatic carbocycles. The lowest BCUT2D eigenvalue weighted by atomic mass is 9.96. The molecule has 7 heteroatoms. The molecule has 0 spiro atoms. The zero-order valence-corrected chi connectivity index (χ0v) is 20.0. The molecule has 30 heavy (non-hydrogen) atoms.